The van der Waals surface area contributed by atoms with Crippen LogP contribution in [0.15, 0.2) is 36.0 Å². The first-order valence-corrected chi connectivity index (χ1v) is 8.79. The third-order valence-corrected chi connectivity index (χ3v) is 6.05. The normalized spacial score (nSPS) is 36.9. The minimum absolute atomic E-state index is 0.0236. The van der Waals surface area contributed by atoms with Gasteiger partial charge in [-0.05, 0) is 62.9 Å². The number of aliphatic hydroxyl groups excluding tert-OH is 3. The summed E-state index contributed by atoms with van der Waals surface area (Å²) in [6, 6.07) is 0. The smallest absolute Gasteiger partial charge is 0.0754 e. The first-order chi connectivity index (χ1) is 10.7. The zero-order valence-electron chi connectivity index (χ0n) is 14.7. The van der Waals surface area contributed by atoms with Crippen molar-refractivity contribution >= 4 is 0 Å². The standard InChI is InChI=1S/C20H32O3/c1-11(2)17(21)9-7-12(3)16-10-18(22)14(5)15-8-6-13(4)19(15)20(16)23/h6,12,15-23H,1,5,7-10H2,2-4H3/t12-,15+,16+,17-,18+,19-,20-/m1/s1. The van der Waals surface area contributed by atoms with E-state index in [4.69, 9.17) is 0 Å². The molecule has 0 aromatic carbocycles. The third kappa shape index (κ3) is 3.78. The molecule has 0 aromatic heterocycles. The van der Waals surface area contributed by atoms with E-state index in [1.807, 2.05) is 6.92 Å². The summed E-state index contributed by atoms with van der Waals surface area (Å²) in [7, 11) is 0. The second kappa shape index (κ2) is 7.33. The summed E-state index contributed by atoms with van der Waals surface area (Å²) in [6.45, 7) is 13.9. The van der Waals surface area contributed by atoms with Crippen molar-refractivity contribution in [1.82, 2.24) is 0 Å². The lowest BCUT2D eigenvalue weighted by molar-refractivity contribution is 0.0189. The van der Waals surface area contributed by atoms with Crippen molar-refractivity contribution in [3.05, 3.63) is 36.0 Å². The summed E-state index contributed by atoms with van der Waals surface area (Å²) >= 11 is 0. The lowest BCUT2D eigenvalue weighted by atomic mass is 9.76. The highest BCUT2D eigenvalue weighted by Gasteiger charge is 2.44. The van der Waals surface area contributed by atoms with E-state index in [0.717, 1.165) is 24.0 Å². The van der Waals surface area contributed by atoms with Crippen LogP contribution in [0.3, 0.4) is 0 Å². The average molecular weight is 320 g/mol. The summed E-state index contributed by atoms with van der Waals surface area (Å²) in [6.07, 6.45) is 3.59. The van der Waals surface area contributed by atoms with Gasteiger partial charge in [-0.3, -0.25) is 0 Å². The first-order valence-electron chi connectivity index (χ1n) is 8.79. The van der Waals surface area contributed by atoms with Crippen LogP contribution >= 0.6 is 0 Å². The molecule has 2 aliphatic rings. The summed E-state index contributed by atoms with van der Waals surface area (Å²) < 4.78 is 0. The van der Waals surface area contributed by atoms with Gasteiger partial charge >= 0.3 is 0 Å². The Hall–Kier alpha value is -0.900. The van der Waals surface area contributed by atoms with E-state index >= 15 is 0 Å². The fourth-order valence-corrected chi connectivity index (χ4v) is 4.31. The molecule has 0 heterocycles. The maximum atomic E-state index is 11.0. The van der Waals surface area contributed by atoms with Crippen LogP contribution in [0, 0.1) is 23.7 Å². The highest BCUT2D eigenvalue weighted by atomic mass is 16.3. The molecule has 1 saturated carbocycles. The van der Waals surface area contributed by atoms with E-state index in [-0.39, 0.29) is 23.7 Å². The van der Waals surface area contributed by atoms with Crippen LogP contribution in [-0.4, -0.2) is 33.6 Å². The molecule has 0 amide bonds. The number of allylic oxidation sites excluding steroid dienone is 1. The van der Waals surface area contributed by atoms with Gasteiger partial charge in [0.15, 0.2) is 0 Å². The number of aliphatic hydroxyl groups is 3. The van der Waals surface area contributed by atoms with Crippen LogP contribution in [0.5, 0.6) is 0 Å². The molecule has 0 bridgehead atoms. The Bertz CT molecular complexity index is 493. The largest absolute Gasteiger partial charge is 0.392 e. The van der Waals surface area contributed by atoms with Crippen molar-refractivity contribution in [3.63, 3.8) is 0 Å². The average Bonchev–Trinajstić information content (AvgIpc) is 2.85. The fourth-order valence-electron chi connectivity index (χ4n) is 4.31. The lowest BCUT2D eigenvalue weighted by Crippen LogP contribution is -2.35. The van der Waals surface area contributed by atoms with Gasteiger partial charge in [0, 0.05) is 5.92 Å². The summed E-state index contributed by atoms with van der Waals surface area (Å²) in [5, 5.41) is 31.4. The van der Waals surface area contributed by atoms with Crippen LogP contribution in [0.2, 0.25) is 0 Å². The predicted molar refractivity (Wildman–Crippen MR) is 93.8 cm³/mol. The van der Waals surface area contributed by atoms with Crippen molar-refractivity contribution < 1.29 is 15.3 Å². The summed E-state index contributed by atoms with van der Waals surface area (Å²) in [5.41, 5.74) is 2.87. The van der Waals surface area contributed by atoms with Gasteiger partial charge in [0.2, 0.25) is 0 Å². The Morgan fingerprint density at radius 3 is 2.61 bits per heavy atom. The van der Waals surface area contributed by atoms with E-state index in [0.29, 0.717) is 12.8 Å². The molecule has 0 saturated heterocycles. The minimum Gasteiger partial charge on any atom is -0.392 e. The Morgan fingerprint density at radius 2 is 2.00 bits per heavy atom. The number of fused-ring (bicyclic) bond motifs is 1. The maximum Gasteiger partial charge on any atom is 0.0754 e. The van der Waals surface area contributed by atoms with Crippen molar-refractivity contribution in [1.29, 1.82) is 0 Å². The van der Waals surface area contributed by atoms with Gasteiger partial charge in [-0.25, -0.2) is 0 Å². The molecular formula is C20H32O3. The zero-order chi connectivity index (χ0) is 17.3. The first kappa shape index (κ1) is 18.4. The summed E-state index contributed by atoms with van der Waals surface area (Å²) in [5.74, 6) is 0.500. The fraction of sp³-hybridized carbons (Fsp3) is 0.700. The second-order valence-corrected chi connectivity index (χ2v) is 7.71. The molecule has 0 aliphatic heterocycles. The van der Waals surface area contributed by atoms with E-state index in [2.05, 4.69) is 33.1 Å². The molecule has 0 unspecified atom stereocenters. The Labute approximate surface area is 140 Å². The van der Waals surface area contributed by atoms with Gasteiger partial charge in [0.25, 0.3) is 0 Å². The highest BCUT2D eigenvalue weighted by Crippen LogP contribution is 2.47. The topological polar surface area (TPSA) is 60.7 Å². The number of hydrogen-bond donors (Lipinski definition) is 3. The lowest BCUT2D eigenvalue weighted by Gasteiger charge is -2.33. The Kier molecular flexibility index (Phi) is 5.88. The van der Waals surface area contributed by atoms with Crippen LogP contribution in [0.4, 0.5) is 0 Å². The van der Waals surface area contributed by atoms with Gasteiger partial charge < -0.3 is 15.3 Å². The van der Waals surface area contributed by atoms with E-state index < -0.39 is 18.3 Å². The monoisotopic (exact) mass is 320 g/mol. The molecule has 23 heavy (non-hydrogen) atoms. The molecule has 3 heteroatoms. The van der Waals surface area contributed by atoms with Crippen molar-refractivity contribution in [2.45, 2.75) is 64.8 Å². The van der Waals surface area contributed by atoms with Crippen molar-refractivity contribution in [3.8, 4) is 0 Å². The van der Waals surface area contributed by atoms with E-state index in [1.165, 1.54) is 5.57 Å². The quantitative estimate of drug-likeness (QED) is 0.682. The third-order valence-electron chi connectivity index (χ3n) is 6.05. The van der Waals surface area contributed by atoms with Gasteiger partial charge in [-0.2, -0.15) is 0 Å². The molecule has 0 radical (unpaired) electrons. The van der Waals surface area contributed by atoms with Gasteiger partial charge in [0.05, 0.1) is 18.3 Å². The molecule has 0 spiro atoms. The molecule has 2 aliphatic carbocycles. The van der Waals surface area contributed by atoms with Gasteiger partial charge in [0.1, 0.15) is 0 Å². The molecule has 3 nitrogen and oxygen atoms in total. The van der Waals surface area contributed by atoms with Gasteiger partial charge in [-0.1, -0.05) is 37.3 Å². The molecule has 2 rings (SSSR count). The minimum atomic E-state index is -0.544. The Morgan fingerprint density at radius 1 is 1.35 bits per heavy atom. The number of rotatable bonds is 5. The molecule has 1 fully saturated rings. The Balaban J connectivity index is 2.12. The van der Waals surface area contributed by atoms with Crippen molar-refractivity contribution in [2.24, 2.45) is 23.7 Å². The molecule has 3 N–H and O–H groups in total. The summed E-state index contributed by atoms with van der Waals surface area (Å²) in [4.78, 5) is 0. The predicted octanol–water partition coefficient (Wildman–Crippen LogP) is 3.22. The molecule has 130 valence electrons. The van der Waals surface area contributed by atoms with Crippen LogP contribution < -0.4 is 0 Å². The molecule has 7 atom stereocenters. The number of hydrogen-bond acceptors (Lipinski definition) is 3. The SMILES string of the molecule is C=C(C)[C@H](O)CC[C@@H](C)[C@@H]1C[C@H](O)C(=C)[C@@H]2CC=C(C)[C@H]2[C@@H]1O. The maximum absolute atomic E-state index is 11.0. The van der Waals surface area contributed by atoms with Crippen LogP contribution in [0.25, 0.3) is 0 Å². The van der Waals surface area contributed by atoms with E-state index in [9.17, 15) is 15.3 Å². The van der Waals surface area contributed by atoms with E-state index in [1.54, 1.807) is 0 Å². The molecular weight excluding hydrogens is 288 g/mol. The zero-order valence-corrected chi connectivity index (χ0v) is 14.7. The second-order valence-electron chi connectivity index (χ2n) is 7.71. The van der Waals surface area contributed by atoms with Crippen LogP contribution in [0.1, 0.15) is 46.5 Å². The highest BCUT2D eigenvalue weighted by molar-refractivity contribution is 5.26. The van der Waals surface area contributed by atoms with Gasteiger partial charge in [-0.15, -0.1) is 0 Å². The van der Waals surface area contributed by atoms with Crippen molar-refractivity contribution in [2.75, 3.05) is 0 Å². The van der Waals surface area contributed by atoms with Crippen LogP contribution in [-0.2, 0) is 0 Å². The molecule has 0 aromatic rings.